The van der Waals surface area contributed by atoms with Crippen LogP contribution in [0.1, 0.15) is 24.8 Å². The monoisotopic (exact) mass is 218 g/mol. The van der Waals surface area contributed by atoms with Gasteiger partial charge in [0.25, 0.3) is 0 Å². The first-order valence-corrected chi connectivity index (χ1v) is 5.98. The molecule has 0 aliphatic carbocycles. The molecule has 1 saturated heterocycles. The summed E-state index contributed by atoms with van der Waals surface area (Å²) >= 11 is 0. The van der Waals surface area contributed by atoms with Crippen molar-refractivity contribution < 1.29 is 4.79 Å². The lowest BCUT2D eigenvalue weighted by Crippen LogP contribution is -2.31. The minimum atomic E-state index is 0.295. The Hall–Kier alpha value is -1.22. The number of carbonyl (C=O) groups is 1. The van der Waals surface area contributed by atoms with Crippen molar-refractivity contribution in [2.24, 2.45) is 5.92 Å². The lowest BCUT2D eigenvalue weighted by molar-refractivity contribution is -0.123. The van der Waals surface area contributed by atoms with Crippen LogP contribution in [0, 0.1) is 5.92 Å². The van der Waals surface area contributed by atoms with Gasteiger partial charge in [0.2, 0.25) is 0 Å². The number of Topliss-reactive ketones (excluding diaryl/α,β-unsaturated/α-hetero) is 1. The van der Waals surface area contributed by atoms with Crippen molar-refractivity contribution in [2.75, 3.05) is 13.1 Å². The van der Waals surface area contributed by atoms with E-state index in [-0.39, 0.29) is 0 Å². The number of aromatic nitrogens is 1. The van der Waals surface area contributed by atoms with Crippen molar-refractivity contribution >= 4 is 5.78 Å². The van der Waals surface area contributed by atoms with E-state index in [1.165, 1.54) is 5.56 Å². The molecule has 0 bridgehead atoms. The number of hydrogen-bond donors (Lipinski definition) is 1. The predicted molar refractivity (Wildman–Crippen MR) is 63.2 cm³/mol. The Morgan fingerprint density at radius 1 is 1.31 bits per heavy atom. The molecular weight excluding hydrogens is 200 g/mol. The molecule has 1 aromatic heterocycles. The molecule has 16 heavy (non-hydrogen) atoms. The van der Waals surface area contributed by atoms with E-state index in [1.54, 1.807) is 12.4 Å². The molecule has 1 aliphatic rings. The Balaban J connectivity index is 1.79. The number of pyridine rings is 1. The molecule has 1 aliphatic heterocycles. The topological polar surface area (TPSA) is 42.0 Å². The average Bonchev–Trinajstić information content (AvgIpc) is 2.38. The molecular formula is C13H18N2O. The molecule has 0 radical (unpaired) electrons. The van der Waals surface area contributed by atoms with E-state index in [9.17, 15) is 4.79 Å². The summed E-state index contributed by atoms with van der Waals surface area (Å²) in [6.45, 7) is 1.98. The van der Waals surface area contributed by atoms with Gasteiger partial charge in [0.05, 0.1) is 0 Å². The van der Waals surface area contributed by atoms with Gasteiger partial charge in [-0.25, -0.2) is 0 Å². The highest BCUT2D eigenvalue weighted by atomic mass is 16.1. The smallest absolute Gasteiger partial charge is 0.136 e. The molecule has 2 rings (SSSR count). The minimum Gasteiger partial charge on any atom is -0.317 e. The number of piperidine rings is 1. The van der Waals surface area contributed by atoms with Crippen LogP contribution in [0.2, 0.25) is 0 Å². The third kappa shape index (κ3) is 3.14. The fourth-order valence-corrected chi connectivity index (χ4v) is 2.17. The van der Waals surface area contributed by atoms with Gasteiger partial charge in [0.1, 0.15) is 5.78 Å². The summed E-state index contributed by atoms with van der Waals surface area (Å²) in [4.78, 5) is 15.9. The fraction of sp³-hybridized carbons (Fsp3) is 0.538. The molecule has 2 heterocycles. The van der Waals surface area contributed by atoms with Gasteiger partial charge in [-0.1, -0.05) is 0 Å². The quantitative estimate of drug-likeness (QED) is 0.834. The maximum atomic E-state index is 11.9. The molecule has 0 atom stereocenters. The second-order valence-corrected chi connectivity index (χ2v) is 4.35. The van der Waals surface area contributed by atoms with Crippen molar-refractivity contribution in [3.63, 3.8) is 0 Å². The Kier molecular flexibility index (Phi) is 4.05. The Labute approximate surface area is 96.3 Å². The molecule has 1 fully saturated rings. The van der Waals surface area contributed by atoms with Crippen molar-refractivity contribution in [3.8, 4) is 0 Å². The molecule has 0 saturated carbocycles. The first-order chi connectivity index (χ1) is 7.86. The van der Waals surface area contributed by atoms with Crippen molar-refractivity contribution in [2.45, 2.75) is 25.7 Å². The maximum Gasteiger partial charge on any atom is 0.136 e. The zero-order valence-electron chi connectivity index (χ0n) is 9.48. The second kappa shape index (κ2) is 5.75. The van der Waals surface area contributed by atoms with E-state index in [4.69, 9.17) is 0 Å². The molecule has 0 unspecified atom stereocenters. The number of rotatable bonds is 4. The second-order valence-electron chi connectivity index (χ2n) is 4.35. The Bertz CT molecular complexity index is 331. The maximum absolute atomic E-state index is 11.9. The number of hydrogen-bond acceptors (Lipinski definition) is 3. The van der Waals surface area contributed by atoms with Crippen LogP contribution >= 0.6 is 0 Å². The van der Waals surface area contributed by atoms with Crippen LogP contribution in [0.3, 0.4) is 0 Å². The van der Waals surface area contributed by atoms with Crippen LogP contribution in [0.5, 0.6) is 0 Å². The van der Waals surface area contributed by atoms with Crippen molar-refractivity contribution in [3.05, 3.63) is 30.1 Å². The molecule has 86 valence electrons. The average molecular weight is 218 g/mol. The van der Waals surface area contributed by atoms with Gasteiger partial charge in [-0.3, -0.25) is 9.78 Å². The standard InChI is InChI=1S/C13H18N2O/c16-13(12-5-9-15-10-6-12)2-1-11-3-7-14-8-4-11/h3-4,7-8,12,15H,1-2,5-6,9-10H2. The van der Waals surface area contributed by atoms with Gasteiger partial charge in [-0.05, 0) is 50.0 Å². The number of nitrogens with one attached hydrogen (secondary N) is 1. The number of carbonyl (C=O) groups excluding carboxylic acids is 1. The third-order valence-electron chi connectivity index (χ3n) is 3.20. The Morgan fingerprint density at radius 3 is 2.69 bits per heavy atom. The molecule has 0 spiro atoms. The highest BCUT2D eigenvalue weighted by molar-refractivity contribution is 5.81. The lowest BCUT2D eigenvalue weighted by Gasteiger charge is -2.21. The first kappa shape index (κ1) is 11.3. The van der Waals surface area contributed by atoms with E-state index in [1.807, 2.05) is 12.1 Å². The minimum absolute atomic E-state index is 0.295. The van der Waals surface area contributed by atoms with Gasteiger partial charge in [-0.15, -0.1) is 0 Å². The van der Waals surface area contributed by atoms with Crippen LogP contribution in [0.15, 0.2) is 24.5 Å². The summed E-state index contributed by atoms with van der Waals surface area (Å²) in [5.41, 5.74) is 1.21. The fourth-order valence-electron chi connectivity index (χ4n) is 2.17. The van der Waals surface area contributed by atoms with Crippen molar-refractivity contribution in [1.82, 2.24) is 10.3 Å². The summed E-state index contributed by atoms with van der Waals surface area (Å²) < 4.78 is 0. The first-order valence-electron chi connectivity index (χ1n) is 5.98. The normalized spacial score (nSPS) is 17.2. The molecule has 0 amide bonds. The van der Waals surface area contributed by atoms with Gasteiger partial charge in [-0.2, -0.15) is 0 Å². The number of ketones is 1. The van der Waals surface area contributed by atoms with E-state index >= 15 is 0 Å². The molecule has 1 aromatic rings. The van der Waals surface area contributed by atoms with Gasteiger partial charge in [0.15, 0.2) is 0 Å². The molecule has 3 heteroatoms. The van der Waals surface area contributed by atoms with Gasteiger partial charge < -0.3 is 5.32 Å². The zero-order chi connectivity index (χ0) is 11.2. The van der Waals surface area contributed by atoms with E-state index in [2.05, 4.69) is 10.3 Å². The molecule has 1 N–H and O–H groups in total. The zero-order valence-corrected chi connectivity index (χ0v) is 9.48. The highest BCUT2D eigenvalue weighted by Crippen LogP contribution is 2.15. The summed E-state index contributed by atoms with van der Waals surface area (Å²) in [7, 11) is 0. The van der Waals surface area contributed by atoms with E-state index in [0.29, 0.717) is 18.1 Å². The van der Waals surface area contributed by atoms with Crippen LogP contribution < -0.4 is 5.32 Å². The highest BCUT2D eigenvalue weighted by Gasteiger charge is 2.20. The van der Waals surface area contributed by atoms with Crippen molar-refractivity contribution in [1.29, 1.82) is 0 Å². The Morgan fingerprint density at radius 2 is 2.00 bits per heavy atom. The predicted octanol–water partition coefficient (Wildman–Crippen LogP) is 1.58. The van der Waals surface area contributed by atoms with Gasteiger partial charge >= 0.3 is 0 Å². The van der Waals surface area contributed by atoms with Crippen LogP contribution in [-0.4, -0.2) is 23.9 Å². The molecule has 0 aromatic carbocycles. The molecule has 3 nitrogen and oxygen atoms in total. The van der Waals surface area contributed by atoms with Crippen LogP contribution in [0.4, 0.5) is 0 Å². The SMILES string of the molecule is O=C(CCc1ccncc1)C1CCNCC1. The van der Waals surface area contributed by atoms with E-state index in [0.717, 1.165) is 32.4 Å². The summed E-state index contributed by atoms with van der Waals surface area (Å²) in [6, 6.07) is 3.96. The van der Waals surface area contributed by atoms with Crippen LogP contribution in [-0.2, 0) is 11.2 Å². The summed E-state index contributed by atoms with van der Waals surface area (Å²) in [5.74, 6) is 0.724. The summed E-state index contributed by atoms with van der Waals surface area (Å²) in [6.07, 6.45) is 7.11. The lowest BCUT2D eigenvalue weighted by atomic mass is 9.90. The third-order valence-corrected chi connectivity index (χ3v) is 3.20. The van der Waals surface area contributed by atoms with Gasteiger partial charge in [0, 0.05) is 24.7 Å². The van der Waals surface area contributed by atoms with Crippen LogP contribution in [0.25, 0.3) is 0 Å². The number of aryl methyl sites for hydroxylation is 1. The largest absolute Gasteiger partial charge is 0.317 e. The summed E-state index contributed by atoms with van der Waals surface area (Å²) in [5, 5.41) is 3.28. The number of nitrogens with zero attached hydrogens (tertiary/aromatic N) is 1. The van der Waals surface area contributed by atoms with E-state index < -0.39 is 0 Å².